The Morgan fingerprint density at radius 2 is 1.88 bits per heavy atom. The molecule has 1 amide bonds. The summed E-state index contributed by atoms with van der Waals surface area (Å²) >= 11 is 0. The Hall–Kier alpha value is -2.40. The maximum Gasteiger partial charge on any atom is 0.410 e. The van der Waals surface area contributed by atoms with Crippen molar-refractivity contribution in [2.75, 3.05) is 13.1 Å². The number of hydrogen-bond donors (Lipinski definition) is 1. The zero-order valence-electron chi connectivity index (χ0n) is 15.1. The molecular formula is C20H26N2O3. The number of rotatable bonds is 7. The molecule has 0 unspecified atom stereocenters. The fraction of sp³-hybridized carbons (Fsp3) is 0.400. The molecule has 0 saturated carbocycles. The van der Waals surface area contributed by atoms with Gasteiger partial charge in [0.05, 0.1) is 5.69 Å². The quantitative estimate of drug-likeness (QED) is 0.836. The molecule has 1 aromatic heterocycles. The topological polar surface area (TPSA) is 62.7 Å². The van der Waals surface area contributed by atoms with Crippen LogP contribution in [0.15, 0.2) is 48.5 Å². The Morgan fingerprint density at radius 1 is 1.16 bits per heavy atom. The van der Waals surface area contributed by atoms with Gasteiger partial charge in [-0.1, -0.05) is 36.4 Å². The van der Waals surface area contributed by atoms with E-state index in [4.69, 9.17) is 4.74 Å². The van der Waals surface area contributed by atoms with E-state index in [0.29, 0.717) is 25.2 Å². The number of nitrogens with zero attached hydrogens (tertiary/aromatic N) is 2. The van der Waals surface area contributed by atoms with Crippen LogP contribution in [0.2, 0.25) is 0 Å². The average Bonchev–Trinajstić information content (AvgIpc) is 2.61. The lowest BCUT2D eigenvalue weighted by Crippen LogP contribution is -2.33. The van der Waals surface area contributed by atoms with Gasteiger partial charge in [0, 0.05) is 25.2 Å². The Morgan fingerprint density at radius 3 is 2.52 bits per heavy atom. The first-order chi connectivity index (χ1) is 11.9. The first-order valence-corrected chi connectivity index (χ1v) is 8.54. The van der Waals surface area contributed by atoms with E-state index in [9.17, 15) is 9.90 Å². The smallest absolute Gasteiger partial charge is 0.410 e. The highest BCUT2D eigenvalue weighted by Crippen LogP contribution is 2.17. The third-order valence-corrected chi connectivity index (χ3v) is 3.92. The summed E-state index contributed by atoms with van der Waals surface area (Å²) < 4.78 is 5.37. The summed E-state index contributed by atoms with van der Waals surface area (Å²) in [4.78, 5) is 18.4. The second-order valence-electron chi connectivity index (χ2n) is 6.44. The van der Waals surface area contributed by atoms with Gasteiger partial charge in [-0.05, 0) is 38.5 Å². The van der Waals surface area contributed by atoms with Gasteiger partial charge < -0.3 is 14.7 Å². The van der Waals surface area contributed by atoms with Crippen LogP contribution in [0.4, 0.5) is 4.79 Å². The average molecular weight is 342 g/mol. The van der Waals surface area contributed by atoms with Crippen LogP contribution in [-0.4, -0.2) is 34.2 Å². The molecule has 1 aromatic carbocycles. The van der Waals surface area contributed by atoms with Crippen molar-refractivity contribution in [3.05, 3.63) is 65.5 Å². The summed E-state index contributed by atoms with van der Waals surface area (Å²) in [5.74, 6) is 0. The second-order valence-corrected chi connectivity index (χ2v) is 6.44. The minimum Gasteiger partial charge on any atom is -0.445 e. The molecule has 134 valence electrons. The van der Waals surface area contributed by atoms with Crippen LogP contribution in [0.3, 0.4) is 0 Å². The van der Waals surface area contributed by atoms with Crippen molar-refractivity contribution >= 4 is 6.09 Å². The maximum absolute atomic E-state index is 12.2. The van der Waals surface area contributed by atoms with E-state index < -0.39 is 5.60 Å². The minimum absolute atomic E-state index is 0.266. The zero-order valence-corrected chi connectivity index (χ0v) is 15.1. The molecule has 0 aliphatic heterocycles. The third-order valence-electron chi connectivity index (χ3n) is 3.92. The molecule has 0 atom stereocenters. The number of aromatic nitrogens is 1. The Labute approximate surface area is 149 Å². The van der Waals surface area contributed by atoms with E-state index in [1.807, 2.05) is 49.4 Å². The highest BCUT2D eigenvalue weighted by atomic mass is 16.6. The molecule has 2 rings (SSSR count). The van der Waals surface area contributed by atoms with E-state index in [2.05, 4.69) is 4.98 Å². The molecule has 2 aromatic rings. The van der Waals surface area contributed by atoms with Crippen molar-refractivity contribution in [2.45, 2.75) is 39.4 Å². The largest absolute Gasteiger partial charge is 0.445 e. The molecule has 5 heteroatoms. The number of aliphatic hydroxyl groups is 1. The highest BCUT2D eigenvalue weighted by Gasteiger charge is 2.18. The highest BCUT2D eigenvalue weighted by molar-refractivity contribution is 5.67. The Kier molecular flexibility index (Phi) is 6.53. The van der Waals surface area contributed by atoms with Crippen LogP contribution in [0, 0.1) is 0 Å². The van der Waals surface area contributed by atoms with E-state index in [-0.39, 0.29) is 12.7 Å². The molecule has 0 spiro atoms. The van der Waals surface area contributed by atoms with Crippen LogP contribution in [0.1, 0.15) is 37.7 Å². The molecular weight excluding hydrogens is 316 g/mol. The molecule has 5 nitrogen and oxygen atoms in total. The molecule has 1 heterocycles. The fourth-order valence-corrected chi connectivity index (χ4v) is 2.40. The number of benzene rings is 1. The number of carbonyl (C=O) groups is 1. The predicted octanol–water partition coefficient (Wildman–Crippen LogP) is 3.51. The van der Waals surface area contributed by atoms with Gasteiger partial charge in [-0.3, -0.25) is 4.98 Å². The van der Waals surface area contributed by atoms with E-state index >= 15 is 0 Å². The van der Waals surface area contributed by atoms with E-state index in [1.54, 1.807) is 24.8 Å². The van der Waals surface area contributed by atoms with E-state index in [1.165, 1.54) is 0 Å². The van der Waals surface area contributed by atoms with Crippen molar-refractivity contribution in [3.8, 4) is 0 Å². The monoisotopic (exact) mass is 342 g/mol. The standard InChI is InChI=1S/C20H26N2O3/c1-4-22(19(23)25-15-16-9-6-5-7-10-16)14-13-17-11-8-12-18(21-17)20(2,3)24/h5-12,24H,4,13-15H2,1-3H3. The molecule has 0 aliphatic rings. The van der Waals surface area contributed by atoms with Crippen LogP contribution < -0.4 is 0 Å². The van der Waals surface area contributed by atoms with Gasteiger partial charge in [-0.2, -0.15) is 0 Å². The molecule has 0 saturated heterocycles. The summed E-state index contributed by atoms with van der Waals surface area (Å²) in [7, 11) is 0. The lowest BCUT2D eigenvalue weighted by molar-refractivity contribution is 0.0734. The number of pyridine rings is 1. The van der Waals surface area contributed by atoms with Crippen LogP contribution >= 0.6 is 0 Å². The number of ether oxygens (including phenoxy) is 1. The molecule has 0 bridgehead atoms. The summed E-state index contributed by atoms with van der Waals surface area (Å²) in [6.07, 6.45) is 0.281. The summed E-state index contributed by atoms with van der Waals surface area (Å²) in [5.41, 5.74) is 1.45. The van der Waals surface area contributed by atoms with E-state index in [0.717, 1.165) is 11.3 Å². The summed E-state index contributed by atoms with van der Waals surface area (Å²) in [6.45, 7) is 6.69. The van der Waals surface area contributed by atoms with Crippen molar-refractivity contribution in [2.24, 2.45) is 0 Å². The number of hydrogen-bond acceptors (Lipinski definition) is 4. The van der Waals surface area contributed by atoms with Crippen LogP contribution in [-0.2, 0) is 23.4 Å². The van der Waals surface area contributed by atoms with Gasteiger partial charge >= 0.3 is 6.09 Å². The molecule has 0 radical (unpaired) electrons. The Bertz CT molecular complexity index is 681. The Balaban J connectivity index is 1.90. The van der Waals surface area contributed by atoms with Crippen molar-refractivity contribution in [3.63, 3.8) is 0 Å². The second kappa shape index (κ2) is 8.62. The maximum atomic E-state index is 12.2. The van der Waals surface area contributed by atoms with Gasteiger partial charge in [0.25, 0.3) is 0 Å². The summed E-state index contributed by atoms with van der Waals surface area (Å²) in [5, 5.41) is 10.1. The molecule has 0 fully saturated rings. The first-order valence-electron chi connectivity index (χ1n) is 8.54. The summed E-state index contributed by atoms with van der Waals surface area (Å²) in [6, 6.07) is 15.2. The number of carbonyl (C=O) groups excluding carboxylic acids is 1. The van der Waals surface area contributed by atoms with Gasteiger partial charge in [-0.15, -0.1) is 0 Å². The van der Waals surface area contributed by atoms with Gasteiger partial charge in [0.2, 0.25) is 0 Å². The van der Waals surface area contributed by atoms with Gasteiger partial charge in [0.15, 0.2) is 0 Å². The van der Waals surface area contributed by atoms with Crippen LogP contribution in [0.5, 0.6) is 0 Å². The number of likely N-dealkylation sites (N-methyl/N-ethyl adjacent to an activating group) is 1. The van der Waals surface area contributed by atoms with Gasteiger partial charge in [-0.25, -0.2) is 4.79 Å². The lowest BCUT2D eigenvalue weighted by atomic mass is 10.0. The van der Waals surface area contributed by atoms with Crippen LogP contribution in [0.25, 0.3) is 0 Å². The molecule has 1 N–H and O–H groups in total. The lowest BCUT2D eigenvalue weighted by Gasteiger charge is -2.21. The third kappa shape index (κ3) is 5.87. The fourth-order valence-electron chi connectivity index (χ4n) is 2.40. The number of amides is 1. The van der Waals surface area contributed by atoms with Crippen molar-refractivity contribution < 1.29 is 14.6 Å². The molecule has 25 heavy (non-hydrogen) atoms. The first kappa shape index (κ1) is 18.9. The van der Waals surface area contributed by atoms with Gasteiger partial charge in [0.1, 0.15) is 12.2 Å². The van der Waals surface area contributed by atoms with Crippen molar-refractivity contribution in [1.29, 1.82) is 0 Å². The van der Waals surface area contributed by atoms with Crippen molar-refractivity contribution in [1.82, 2.24) is 9.88 Å². The normalized spacial score (nSPS) is 11.2. The minimum atomic E-state index is -0.977. The SMILES string of the molecule is CCN(CCc1cccc(C(C)(C)O)n1)C(=O)OCc1ccccc1. The zero-order chi connectivity index (χ0) is 18.3. The molecule has 0 aliphatic carbocycles. The predicted molar refractivity (Wildman–Crippen MR) is 97.1 cm³/mol.